The number of carbonyl (C=O) groups is 1. The van der Waals surface area contributed by atoms with E-state index in [1.54, 1.807) is 36.7 Å². The summed E-state index contributed by atoms with van der Waals surface area (Å²) in [5, 5.41) is 8.83. The second-order valence-corrected chi connectivity index (χ2v) is 8.54. The van der Waals surface area contributed by atoms with Crippen LogP contribution in [0.4, 0.5) is 13.2 Å². The van der Waals surface area contributed by atoms with Gasteiger partial charge in [0.25, 0.3) is 0 Å². The predicted molar refractivity (Wildman–Crippen MR) is 125 cm³/mol. The molecule has 0 radical (unpaired) electrons. The second kappa shape index (κ2) is 10.1. The number of benzene rings is 3. The summed E-state index contributed by atoms with van der Waals surface area (Å²) in [6, 6.07) is 18.6. The summed E-state index contributed by atoms with van der Waals surface area (Å²) in [4.78, 5) is 14.3. The molecule has 4 aromatic rings. The third-order valence-electron chi connectivity index (χ3n) is 5.49. The number of nitrogens with zero attached hydrogens (tertiary/aromatic N) is 4. The summed E-state index contributed by atoms with van der Waals surface area (Å²) in [6.45, 7) is 1.73. The molecule has 0 aliphatic heterocycles. The van der Waals surface area contributed by atoms with Crippen molar-refractivity contribution in [3.63, 3.8) is 0 Å². The lowest BCUT2D eigenvalue weighted by atomic mass is 10.1. The lowest BCUT2D eigenvalue weighted by Gasteiger charge is -2.25. The van der Waals surface area contributed by atoms with Gasteiger partial charge < -0.3 is 4.90 Å². The minimum atomic E-state index is -0.962. The van der Waals surface area contributed by atoms with Crippen LogP contribution in [0.1, 0.15) is 18.5 Å². The first-order valence-electron chi connectivity index (χ1n) is 10.5. The molecule has 1 atom stereocenters. The van der Waals surface area contributed by atoms with Gasteiger partial charge in [0.1, 0.15) is 5.82 Å². The molecule has 1 amide bonds. The number of rotatable bonds is 7. The molecule has 0 spiro atoms. The first kappa shape index (κ1) is 23.6. The summed E-state index contributed by atoms with van der Waals surface area (Å²) in [6.07, 6.45) is 0. The molecule has 4 rings (SSSR count). The van der Waals surface area contributed by atoms with Crippen LogP contribution in [0.3, 0.4) is 0 Å². The van der Waals surface area contributed by atoms with Crippen molar-refractivity contribution in [2.45, 2.75) is 18.1 Å². The highest BCUT2D eigenvalue weighted by atomic mass is 32.2. The van der Waals surface area contributed by atoms with Gasteiger partial charge in [-0.2, -0.15) is 0 Å². The molecule has 1 aromatic heterocycles. The molecule has 0 saturated carbocycles. The third kappa shape index (κ3) is 4.84. The first-order chi connectivity index (χ1) is 16.4. The van der Waals surface area contributed by atoms with Crippen molar-refractivity contribution in [2.75, 3.05) is 12.8 Å². The summed E-state index contributed by atoms with van der Waals surface area (Å²) in [5.41, 5.74) is 1.50. The van der Waals surface area contributed by atoms with Crippen LogP contribution >= 0.6 is 11.8 Å². The van der Waals surface area contributed by atoms with Gasteiger partial charge in [-0.3, -0.25) is 9.36 Å². The quantitative estimate of drug-likeness (QED) is 0.319. The number of carbonyl (C=O) groups excluding carboxylic acids is 1. The number of amides is 1. The Morgan fingerprint density at radius 2 is 1.65 bits per heavy atom. The molecular weight excluding hydrogens is 461 g/mol. The molecule has 0 bridgehead atoms. The lowest BCUT2D eigenvalue weighted by Crippen LogP contribution is -2.31. The molecule has 1 unspecified atom stereocenters. The van der Waals surface area contributed by atoms with E-state index in [1.807, 2.05) is 30.3 Å². The zero-order valence-corrected chi connectivity index (χ0v) is 19.3. The van der Waals surface area contributed by atoms with Gasteiger partial charge in [-0.1, -0.05) is 48.2 Å². The molecule has 0 fully saturated rings. The Bertz CT molecular complexity index is 1310. The maximum absolute atomic E-state index is 14.5. The van der Waals surface area contributed by atoms with E-state index < -0.39 is 23.5 Å². The Hall–Kier alpha value is -3.59. The van der Waals surface area contributed by atoms with E-state index in [4.69, 9.17) is 0 Å². The fraction of sp³-hybridized carbons (Fsp3) is 0.160. The fourth-order valence-corrected chi connectivity index (χ4v) is 4.31. The average molecular weight is 483 g/mol. The maximum Gasteiger partial charge on any atom is 0.233 e. The Balaban J connectivity index is 1.57. The van der Waals surface area contributed by atoms with Gasteiger partial charge >= 0.3 is 0 Å². The molecule has 0 N–H and O–H groups in total. The highest BCUT2D eigenvalue weighted by Crippen LogP contribution is 2.30. The van der Waals surface area contributed by atoms with Crippen molar-refractivity contribution < 1.29 is 18.0 Å². The van der Waals surface area contributed by atoms with Gasteiger partial charge in [0.05, 0.1) is 17.4 Å². The number of aromatic nitrogens is 3. The lowest BCUT2D eigenvalue weighted by molar-refractivity contribution is -0.128. The molecule has 0 aliphatic carbocycles. The molecule has 9 heteroatoms. The van der Waals surface area contributed by atoms with E-state index in [9.17, 15) is 18.0 Å². The van der Waals surface area contributed by atoms with Crippen LogP contribution < -0.4 is 0 Å². The molecule has 5 nitrogen and oxygen atoms in total. The highest BCUT2D eigenvalue weighted by molar-refractivity contribution is 7.99. The first-order valence-corrected chi connectivity index (χ1v) is 11.4. The summed E-state index contributed by atoms with van der Waals surface area (Å²) in [7, 11) is 1.60. The highest BCUT2D eigenvalue weighted by Gasteiger charge is 2.22. The standard InChI is InChI=1S/C25H21F3N4OS/c1-16(17-12-13-21(27)22(28)14-17)31(2)23(33)15-34-25-30-29-24(19-10-6-7-11-20(19)26)32(25)18-8-4-3-5-9-18/h3-14,16H,15H2,1-2H3. The van der Waals surface area contributed by atoms with Crippen molar-refractivity contribution in [3.05, 3.63) is 95.8 Å². The number of hydrogen-bond acceptors (Lipinski definition) is 4. The smallest absolute Gasteiger partial charge is 0.233 e. The number of hydrogen-bond donors (Lipinski definition) is 0. The number of para-hydroxylation sites is 1. The zero-order chi connectivity index (χ0) is 24.2. The summed E-state index contributed by atoms with van der Waals surface area (Å²) in [5.74, 6) is -2.23. The van der Waals surface area contributed by atoms with E-state index in [2.05, 4.69) is 10.2 Å². The van der Waals surface area contributed by atoms with E-state index >= 15 is 0 Å². The van der Waals surface area contributed by atoms with Crippen LogP contribution in [-0.2, 0) is 4.79 Å². The third-order valence-corrected chi connectivity index (χ3v) is 6.40. The maximum atomic E-state index is 14.5. The van der Waals surface area contributed by atoms with Crippen LogP contribution in [0.25, 0.3) is 17.1 Å². The van der Waals surface area contributed by atoms with Gasteiger partial charge in [0.15, 0.2) is 22.6 Å². The average Bonchev–Trinajstić information content (AvgIpc) is 3.27. The van der Waals surface area contributed by atoms with Crippen molar-refractivity contribution in [1.29, 1.82) is 0 Å². The Labute approximate surface area is 199 Å². The SMILES string of the molecule is CC(c1ccc(F)c(F)c1)N(C)C(=O)CSc1nnc(-c2ccccc2F)n1-c1ccccc1. The largest absolute Gasteiger partial charge is 0.338 e. The van der Waals surface area contributed by atoms with E-state index in [0.29, 0.717) is 22.1 Å². The van der Waals surface area contributed by atoms with E-state index in [1.165, 1.54) is 17.0 Å². The minimum absolute atomic E-state index is 0.0206. The molecule has 174 valence electrons. The molecule has 0 aliphatic rings. The predicted octanol–water partition coefficient (Wildman–Crippen LogP) is 5.66. The minimum Gasteiger partial charge on any atom is -0.338 e. The van der Waals surface area contributed by atoms with Crippen molar-refractivity contribution in [1.82, 2.24) is 19.7 Å². The fourth-order valence-electron chi connectivity index (χ4n) is 3.43. The van der Waals surface area contributed by atoms with Crippen LogP contribution in [0, 0.1) is 17.5 Å². The second-order valence-electron chi connectivity index (χ2n) is 7.60. The Morgan fingerprint density at radius 1 is 0.941 bits per heavy atom. The molecule has 3 aromatic carbocycles. The zero-order valence-electron chi connectivity index (χ0n) is 18.5. The van der Waals surface area contributed by atoms with E-state index in [0.717, 1.165) is 29.6 Å². The van der Waals surface area contributed by atoms with Crippen molar-refractivity contribution >= 4 is 17.7 Å². The van der Waals surface area contributed by atoms with Gasteiger partial charge in [0.2, 0.25) is 5.91 Å². The molecule has 1 heterocycles. The summed E-state index contributed by atoms with van der Waals surface area (Å²) < 4.78 is 43.1. The molecular formula is C25H21F3N4OS. The van der Waals surface area contributed by atoms with Gasteiger partial charge in [-0.25, -0.2) is 13.2 Å². The summed E-state index contributed by atoms with van der Waals surface area (Å²) >= 11 is 1.16. The monoisotopic (exact) mass is 482 g/mol. The van der Waals surface area contributed by atoms with Crippen molar-refractivity contribution in [2.24, 2.45) is 0 Å². The molecule has 0 saturated heterocycles. The van der Waals surface area contributed by atoms with Gasteiger partial charge in [-0.05, 0) is 48.9 Å². The van der Waals surface area contributed by atoms with Crippen LogP contribution in [-0.4, -0.2) is 38.4 Å². The Kier molecular flexibility index (Phi) is 7.02. The van der Waals surface area contributed by atoms with Crippen LogP contribution in [0.2, 0.25) is 0 Å². The van der Waals surface area contributed by atoms with Gasteiger partial charge in [0, 0.05) is 12.7 Å². The van der Waals surface area contributed by atoms with Gasteiger partial charge in [-0.15, -0.1) is 10.2 Å². The number of thioether (sulfide) groups is 1. The van der Waals surface area contributed by atoms with E-state index in [-0.39, 0.29) is 11.7 Å². The normalized spacial score (nSPS) is 11.9. The number of halogens is 3. The van der Waals surface area contributed by atoms with Crippen molar-refractivity contribution in [3.8, 4) is 17.1 Å². The topological polar surface area (TPSA) is 51.0 Å². The Morgan fingerprint density at radius 3 is 2.35 bits per heavy atom. The van der Waals surface area contributed by atoms with Crippen LogP contribution in [0.15, 0.2) is 78.0 Å². The van der Waals surface area contributed by atoms with Crippen LogP contribution in [0.5, 0.6) is 0 Å². The molecule has 34 heavy (non-hydrogen) atoms.